The normalized spacial score (nSPS) is 10.7. The summed E-state index contributed by atoms with van der Waals surface area (Å²) >= 11 is 6.96. The number of H-pyrrole nitrogens is 1. The molecule has 8 heteroatoms. The van der Waals surface area contributed by atoms with Crippen molar-refractivity contribution in [2.45, 2.75) is 11.9 Å². The molecule has 1 aromatic heterocycles. The van der Waals surface area contributed by atoms with Gasteiger partial charge in [0.05, 0.1) is 23.4 Å². The Hall–Kier alpha value is -2.77. The molecule has 0 bridgehead atoms. The van der Waals surface area contributed by atoms with Crippen LogP contribution in [0.4, 0.5) is 5.69 Å². The van der Waals surface area contributed by atoms with Crippen LogP contribution >= 0.6 is 23.4 Å². The summed E-state index contributed by atoms with van der Waals surface area (Å²) in [6.07, 6.45) is 0. The second kappa shape index (κ2) is 8.50. The summed E-state index contributed by atoms with van der Waals surface area (Å²) in [6, 6.07) is 12.1. The fourth-order valence-electron chi connectivity index (χ4n) is 2.67. The maximum Gasteiger partial charge on any atom is 0.344 e. The number of esters is 1. The van der Waals surface area contributed by atoms with Gasteiger partial charge in [-0.2, -0.15) is 0 Å². The van der Waals surface area contributed by atoms with Crippen molar-refractivity contribution < 1.29 is 14.3 Å². The van der Waals surface area contributed by atoms with Crippen LogP contribution in [0.15, 0.2) is 52.3 Å². The standard InChI is InChI=1S/C20H17ClN2O4S/c1-11-6-7-15-14(8-11)18(25)17(20(26)27-2)19(23-15)28-10-16(24)22-13-5-3-4-12(21)9-13/h3-9H,10H2,1-2H3,(H,22,24)(H,23,25). The minimum atomic E-state index is -0.748. The number of aryl methyl sites for hydroxylation is 1. The highest BCUT2D eigenvalue weighted by molar-refractivity contribution is 8.00. The maximum absolute atomic E-state index is 12.8. The molecule has 0 saturated heterocycles. The minimum Gasteiger partial charge on any atom is -0.465 e. The van der Waals surface area contributed by atoms with Gasteiger partial charge in [0.1, 0.15) is 5.56 Å². The van der Waals surface area contributed by atoms with E-state index in [1.54, 1.807) is 36.4 Å². The van der Waals surface area contributed by atoms with Gasteiger partial charge in [-0.15, -0.1) is 0 Å². The molecule has 0 radical (unpaired) electrons. The summed E-state index contributed by atoms with van der Waals surface area (Å²) < 4.78 is 4.77. The van der Waals surface area contributed by atoms with Crippen LogP contribution in [0.1, 0.15) is 15.9 Å². The van der Waals surface area contributed by atoms with E-state index in [4.69, 9.17) is 16.3 Å². The van der Waals surface area contributed by atoms with Crippen molar-refractivity contribution in [3.05, 3.63) is 68.8 Å². The fourth-order valence-corrected chi connectivity index (χ4v) is 3.71. The molecule has 2 N–H and O–H groups in total. The third-order valence-electron chi connectivity index (χ3n) is 3.97. The van der Waals surface area contributed by atoms with Gasteiger partial charge in [-0.25, -0.2) is 4.79 Å². The summed E-state index contributed by atoms with van der Waals surface area (Å²) in [7, 11) is 1.21. The third kappa shape index (κ3) is 4.37. The SMILES string of the molecule is COC(=O)c1c(SCC(=O)Nc2cccc(Cl)c2)[nH]c2ccc(C)cc2c1=O. The summed E-state index contributed by atoms with van der Waals surface area (Å²) in [5.74, 6) is -1.06. The first kappa shape index (κ1) is 20.0. The van der Waals surface area contributed by atoms with E-state index >= 15 is 0 Å². The Morgan fingerprint density at radius 3 is 2.71 bits per heavy atom. The van der Waals surface area contributed by atoms with E-state index in [1.807, 2.05) is 13.0 Å². The smallest absolute Gasteiger partial charge is 0.344 e. The van der Waals surface area contributed by atoms with Gasteiger partial charge in [-0.1, -0.05) is 41.1 Å². The second-order valence-corrected chi connectivity index (χ2v) is 7.47. The molecule has 0 saturated carbocycles. The Kier molecular flexibility index (Phi) is 6.06. The van der Waals surface area contributed by atoms with Gasteiger partial charge >= 0.3 is 5.97 Å². The van der Waals surface area contributed by atoms with Gasteiger partial charge in [0.25, 0.3) is 0 Å². The number of anilines is 1. The first-order chi connectivity index (χ1) is 13.4. The zero-order valence-electron chi connectivity index (χ0n) is 15.2. The third-order valence-corrected chi connectivity index (χ3v) is 5.20. The molecule has 0 unspecified atom stereocenters. The number of carbonyl (C=O) groups is 2. The lowest BCUT2D eigenvalue weighted by Gasteiger charge is -2.10. The van der Waals surface area contributed by atoms with Crippen LogP contribution in [0.25, 0.3) is 10.9 Å². The molecule has 28 heavy (non-hydrogen) atoms. The second-order valence-electron chi connectivity index (χ2n) is 6.05. The number of rotatable bonds is 5. The number of benzene rings is 2. The van der Waals surface area contributed by atoms with E-state index in [1.165, 1.54) is 7.11 Å². The van der Waals surface area contributed by atoms with E-state index in [0.29, 0.717) is 21.6 Å². The number of methoxy groups -OCH3 is 1. The molecule has 0 aliphatic rings. The molecule has 0 fully saturated rings. The Morgan fingerprint density at radius 1 is 1.21 bits per heavy atom. The van der Waals surface area contributed by atoms with Crippen LogP contribution in [0.5, 0.6) is 0 Å². The molecule has 3 rings (SSSR count). The molecule has 3 aromatic rings. The number of hydrogen-bond acceptors (Lipinski definition) is 5. The number of aromatic amines is 1. The van der Waals surface area contributed by atoms with Crippen molar-refractivity contribution in [1.82, 2.24) is 4.98 Å². The fraction of sp³-hybridized carbons (Fsp3) is 0.150. The number of ether oxygens (including phenoxy) is 1. The number of thioether (sulfide) groups is 1. The number of pyridine rings is 1. The zero-order chi connectivity index (χ0) is 20.3. The van der Waals surface area contributed by atoms with Crippen molar-refractivity contribution in [2.75, 3.05) is 18.2 Å². The first-order valence-corrected chi connectivity index (χ1v) is 9.68. The molecule has 0 aliphatic carbocycles. The van der Waals surface area contributed by atoms with Gasteiger partial charge in [-0.3, -0.25) is 9.59 Å². The van der Waals surface area contributed by atoms with Gasteiger partial charge in [-0.05, 0) is 37.3 Å². The molecule has 6 nitrogen and oxygen atoms in total. The van der Waals surface area contributed by atoms with E-state index in [0.717, 1.165) is 17.3 Å². The van der Waals surface area contributed by atoms with Crippen molar-refractivity contribution in [2.24, 2.45) is 0 Å². The monoisotopic (exact) mass is 416 g/mol. The van der Waals surface area contributed by atoms with Crippen LogP contribution in [0.3, 0.4) is 0 Å². The van der Waals surface area contributed by atoms with Crippen LogP contribution in [-0.4, -0.2) is 29.7 Å². The molecule has 1 amide bonds. The predicted octanol–water partition coefficient (Wildman–Crippen LogP) is 4.01. The van der Waals surface area contributed by atoms with E-state index in [-0.39, 0.29) is 22.2 Å². The highest BCUT2D eigenvalue weighted by atomic mass is 35.5. The largest absolute Gasteiger partial charge is 0.465 e. The highest BCUT2D eigenvalue weighted by Gasteiger charge is 2.21. The number of halogens is 1. The van der Waals surface area contributed by atoms with Gasteiger partial charge < -0.3 is 15.0 Å². The highest BCUT2D eigenvalue weighted by Crippen LogP contribution is 2.23. The zero-order valence-corrected chi connectivity index (χ0v) is 16.7. The van der Waals surface area contributed by atoms with Gasteiger partial charge in [0.2, 0.25) is 11.3 Å². The van der Waals surface area contributed by atoms with Crippen molar-refractivity contribution >= 4 is 51.8 Å². The number of carbonyl (C=O) groups excluding carboxylic acids is 2. The van der Waals surface area contributed by atoms with Crippen LogP contribution in [-0.2, 0) is 9.53 Å². The maximum atomic E-state index is 12.8. The average molecular weight is 417 g/mol. The Labute approximate surface area is 170 Å². The molecular weight excluding hydrogens is 400 g/mol. The molecule has 2 aromatic carbocycles. The summed E-state index contributed by atoms with van der Waals surface area (Å²) in [5.41, 5.74) is 1.51. The summed E-state index contributed by atoms with van der Waals surface area (Å²) in [4.78, 5) is 40.3. The lowest BCUT2D eigenvalue weighted by molar-refractivity contribution is -0.113. The number of nitrogens with one attached hydrogen (secondary N) is 2. The van der Waals surface area contributed by atoms with E-state index in [2.05, 4.69) is 10.3 Å². The Bertz CT molecular complexity index is 1130. The number of hydrogen-bond donors (Lipinski definition) is 2. The van der Waals surface area contributed by atoms with Crippen molar-refractivity contribution in [1.29, 1.82) is 0 Å². The predicted molar refractivity (Wildman–Crippen MR) is 111 cm³/mol. The van der Waals surface area contributed by atoms with Gasteiger partial charge in [0.15, 0.2) is 0 Å². The van der Waals surface area contributed by atoms with Crippen molar-refractivity contribution in [3.63, 3.8) is 0 Å². The van der Waals surface area contributed by atoms with Crippen LogP contribution < -0.4 is 10.7 Å². The molecular formula is C20H17ClN2O4S. The average Bonchev–Trinajstić information content (AvgIpc) is 2.66. The lowest BCUT2D eigenvalue weighted by atomic mass is 10.1. The molecule has 0 atom stereocenters. The van der Waals surface area contributed by atoms with Crippen LogP contribution in [0, 0.1) is 6.92 Å². The summed E-state index contributed by atoms with van der Waals surface area (Å²) in [6.45, 7) is 1.86. The minimum absolute atomic E-state index is 0.0101. The quantitative estimate of drug-likeness (QED) is 0.484. The number of fused-ring (bicyclic) bond motifs is 1. The lowest BCUT2D eigenvalue weighted by Crippen LogP contribution is -2.20. The molecule has 0 spiro atoms. The van der Waals surface area contributed by atoms with Crippen molar-refractivity contribution in [3.8, 4) is 0 Å². The molecule has 1 heterocycles. The Morgan fingerprint density at radius 2 is 2.00 bits per heavy atom. The first-order valence-electron chi connectivity index (χ1n) is 8.32. The topological polar surface area (TPSA) is 88.3 Å². The number of aromatic nitrogens is 1. The van der Waals surface area contributed by atoms with E-state index in [9.17, 15) is 14.4 Å². The van der Waals surface area contributed by atoms with Crippen LogP contribution in [0.2, 0.25) is 5.02 Å². The Balaban J connectivity index is 1.89. The summed E-state index contributed by atoms with van der Waals surface area (Å²) in [5, 5.41) is 3.91. The molecule has 0 aliphatic heterocycles. The van der Waals surface area contributed by atoms with Gasteiger partial charge in [0, 0.05) is 16.1 Å². The van der Waals surface area contributed by atoms with E-state index < -0.39 is 11.4 Å². The number of amides is 1. The molecule has 144 valence electrons.